The van der Waals surface area contributed by atoms with E-state index in [1.165, 1.54) is 0 Å². The Morgan fingerprint density at radius 3 is 2.41 bits per heavy atom. The number of hydrogen-bond donors (Lipinski definition) is 1. The van der Waals surface area contributed by atoms with Crippen molar-refractivity contribution < 1.29 is 19.4 Å². The van der Waals surface area contributed by atoms with Gasteiger partial charge in [0.05, 0.1) is 17.7 Å². The number of hydrogen-bond acceptors (Lipinski definition) is 5. The monoisotopic (exact) mass is 436 g/mol. The fraction of sp³-hybridized carbons (Fsp3) is 0.385. The molecule has 1 saturated heterocycles. The van der Waals surface area contributed by atoms with Gasteiger partial charge in [0.25, 0.3) is 11.7 Å². The molecule has 0 radical (unpaired) electrons. The van der Waals surface area contributed by atoms with Crippen molar-refractivity contribution in [3.63, 3.8) is 0 Å². The minimum Gasteiger partial charge on any atom is -0.507 e. The van der Waals surface area contributed by atoms with E-state index in [2.05, 4.69) is 6.92 Å². The molecule has 0 spiro atoms. The third kappa shape index (κ3) is 5.02. The fourth-order valence-electron chi connectivity index (χ4n) is 3.85. The molecule has 0 aliphatic carbocycles. The predicted octanol–water partition coefficient (Wildman–Crippen LogP) is 4.02. The van der Waals surface area contributed by atoms with Crippen LogP contribution in [0.3, 0.4) is 0 Å². The molecular formula is C26H32N2O4. The highest BCUT2D eigenvalue weighted by molar-refractivity contribution is 6.46. The highest BCUT2D eigenvalue weighted by atomic mass is 16.5. The van der Waals surface area contributed by atoms with Crippen molar-refractivity contribution in [1.82, 2.24) is 9.80 Å². The minimum absolute atomic E-state index is 0.0116. The van der Waals surface area contributed by atoms with E-state index < -0.39 is 17.7 Å². The molecule has 1 fully saturated rings. The van der Waals surface area contributed by atoms with Crippen LogP contribution in [0.25, 0.3) is 5.76 Å². The zero-order chi connectivity index (χ0) is 23.4. The maximum Gasteiger partial charge on any atom is 0.295 e. The van der Waals surface area contributed by atoms with Crippen LogP contribution in [0.2, 0.25) is 0 Å². The van der Waals surface area contributed by atoms with E-state index in [4.69, 9.17) is 4.74 Å². The predicted molar refractivity (Wildman–Crippen MR) is 126 cm³/mol. The Bertz CT molecular complexity index is 1010. The molecule has 1 unspecified atom stereocenters. The van der Waals surface area contributed by atoms with Crippen molar-refractivity contribution in [2.45, 2.75) is 39.3 Å². The summed E-state index contributed by atoms with van der Waals surface area (Å²) in [6.07, 6.45) is 0.862. The van der Waals surface area contributed by atoms with E-state index in [-0.39, 0.29) is 17.4 Å². The van der Waals surface area contributed by atoms with Crippen LogP contribution in [0, 0.1) is 0 Å². The Balaban J connectivity index is 2.12. The number of likely N-dealkylation sites (N-methyl/N-ethyl adjacent to an activating group) is 1. The van der Waals surface area contributed by atoms with Crippen molar-refractivity contribution >= 4 is 17.4 Å². The molecule has 2 aromatic rings. The number of Topliss-reactive ketones (excluding diaryl/α,β-unsaturated/α-hetero) is 1. The quantitative estimate of drug-likeness (QED) is 0.385. The molecule has 0 aromatic heterocycles. The number of carbonyl (C=O) groups excluding carboxylic acids is 2. The molecule has 0 bridgehead atoms. The first-order valence-corrected chi connectivity index (χ1v) is 11.0. The number of rotatable bonds is 8. The smallest absolute Gasteiger partial charge is 0.295 e. The summed E-state index contributed by atoms with van der Waals surface area (Å²) >= 11 is 0. The zero-order valence-electron chi connectivity index (χ0n) is 19.5. The van der Waals surface area contributed by atoms with Crippen LogP contribution in [0.1, 0.15) is 43.5 Å². The van der Waals surface area contributed by atoms with Crippen molar-refractivity contribution in [1.29, 1.82) is 0 Å². The molecular weight excluding hydrogens is 404 g/mol. The number of aliphatic hydroxyl groups excluding tert-OH is 1. The van der Waals surface area contributed by atoms with Gasteiger partial charge in [-0.2, -0.15) is 0 Å². The van der Waals surface area contributed by atoms with E-state index in [1.54, 1.807) is 17.0 Å². The van der Waals surface area contributed by atoms with E-state index >= 15 is 0 Å². The number of benzene rings is 2. The van der Waals surface area contributed by atoms with Gasteiger partial charge in [-0.15, -0.1) is 0 Å². The summed E-state index contributed by atoms with van der Waals surface area (Å²) in [6, 6.07) is 14.1. The second kappa shape index (κ2) is 10.0. The second-order valence-corrected chi connectivity index (χ2v) is 8.59. The van der Waals surface area contributed by atoms with Gasteiger partial charge < -0.3 is 19.6 Å². The molecule has 32 heavy (non-hydrogen) atoms. The van der Waals surface area contributed by atoms with Crippen LogP contribution in [0.4, 0.5) is 0 Å². The van der Waals surface area contributed by atoms with Crippen molar-refractivity contribution in [3.05, 3.63) is 70.8 Å². The van der Waals surface area contributed by atoms with E-state index in [1.807, 2.05) is 69.2 Å². The maximum absolute atomic E-state index is 13.1. The Kier molecular flexibility index (Phi) is 7.36. The van der Waals surface area contributed by atoms with Crippen LogP contribution >= 0.6 is 0 Å². The lowest BCUT2D eigenvalue weighted by Crippen LogP contribution is -2.35. The number of likely N-dealkylation sites (tertiary alicyclic amines) is 1. The average Bonchev–Trinajstić information content (AvgIpc) is 3.01. The largest absolute Gasteiger partial charge is 0.507 e. The molecule has 1 heterocycles. The molecule has 2 aromatic carbocycles. The zero-order valence-corrected chi connectivity index (χ0v) is 19.5. The Morgan fingerprint density at radius 1 is 1.12 bits per heavy atom. The molecule has 1 atom stereocenters. The topological polar surface area (TPSA) is 70.1 Å². The van der Waals surface area contributed by atoms with Gasteiger partial charge in [0.2, 0.25) is 0 Å². The SMILES string of the molecule is CCc1ccc(/C(O)=C2/C(=O)C(=O)N(CCN(C)C)C2c2cccc(OC(C)C)c2)cc1. The van der Waals surface area contributed by atoms with Crippen molar-refractivity contribution in [2.24, 2.45) is 0 Å². The summed E-state index contributed by atoms with van der Waals surface area (Å²) in [4.78, 5) is 29.6. The molecule has 6 heteroatoms. The molecule has 1 aliphatic heterocycles. The highest BCUT2D eigenvalue weighted by Gasteiger charge is 2.46. The van der Waals surface area contributed by atoms with E-state index in [0.717, 1.165) is 17.5 Å². The average molecular weight is 437 g/mol. The van der Waals surface area contributed by atoms with Crippen molar-refractivity contribution in [3.8, 4) is 5.75 Å². The Hall–Kier alpha value is -3.12. The van der Waals surface area contributed by atoms with Gasteiger partial charge in [-0.05, 0) is 57.6 Å². The number of ketones is 1. The first-order valence-electron chi connectivity index (χ1n) is 11.0. The van der Waals surface area contributed by atoms with Gasteiger partial charge in [-0.25, -0.2) is 0 Å². The summed E-state index contributed by atoms with van der Waals surface area (Å²) < 4.78 is 5.83. The molecule has 6 nitrogen and oxygen atoms in total. The number of aryl methyl sites for hydroxylation is 1. The fourth-order valence-corrected chi connectivity index (χ4v) is 3.85. The normalized spacial score (nSPS) is 18.1. The third-order valence-electron chi connectivity index (χ3n) is 5.51. The van der Waals surface area contributed by atoms with E-state index in [9.17, 15) is 14.7 Å². The van der Waals surface area contributed by atoms with Crippen LogP contribution in [-0.4, -0.2) is 59.9 Å². The number of ether oxygens (including phenoxy) is 1. The lowest BCUT2D eigenvalue weighted by Gasteiger charge is -2.27. The summed E-state index contributed by atoms with van der Waals surface area (Å²) in [5.41, 5.74) is 2.49. The van der Waals surface area contributed by atoms with Crippen molar-refractivity contribution in [2.75, 3.05) is 27.2 Å². The van der Waals surface area contributed by atoms with Crippen LogP contribution in [-0.2, 0) is 16.0 Å². The molecule has 0 saturated carbocycles. The first-order chi connectivity index (χ1) is 15.2. The van der Waals surface area contributed by atoms with Gasteiger partial charge in [-0.3, -0.25) is 9.59 Å². The summed E-state index contributed by atoms with van der Waals surface area (Å²) in [6.45, 7) is 6.89. The first kappa shape index (κ1) is 23.5. The molecule has 170 valence electrons. The summed E-state index contributed by atoms with van der Waals surface area (Å²) in [5.74, 6) is -0.763. The van der Waals surface area contributed by atoms with Crippen LogP contribution in [0.15, 0.2) is 54.1 Å². The molecule has 1 N–H and O–H groups in total. The standard InChI is InChI=1S/C26H32N2O4/c1-6-18-10-12-19(13-11-18)24(29)22-23(20-8-7-9-21(16-20)32-17(2)3)28(15-14-27(4)5)26(31)25(22)30/h7-13,16-17,23,29H,6,14-15H2,1-5H3/b24-22-. The number of aliphatic hydroxyl groups is 1. The van der Waals surface area contributed by atoms with Gasteiger partial charge in [0.1, 0.15) is 11.5 Å². The summed E-state index contributed by atoms with van der Waals surface area (Å²) in [7, 11) is 3.83. The number of nitrogens with zero attached hydrogens (tertiary/aromatic N) is 2. The number of carbonyl (C=O) groups is 2. The molecule has 1 aliphatic rings. The lowest BCUT2D eigenvalue weighted by molar-refractivity contribution is -0.140. The third-order valence-corrected chi connectivity index (χ3v) is 5.51. The Labute approximate surface area is 190 Å². The lowest BCUT2D eigenvalue weighted by atomic mass is 9.94. The van der Waals surface area contributed by atoms with Crippen LogP contribution < -0.4 is 4.74 Å². The summed E-state index contributed by atoms with van der Waals surface area (Å²) in [5, 5.41) is 11.2. The van der Waals surface area contributed by atoms with Gasteiger partial charge in [0.15, 0.2) is 0 Å². The molecule has 1 amide bonds. The van der Waals surface area contributed by atoms with Gasteiger partial charge in [0, 0.05) is 18.7 Å². The Morgan fingerprint density at radius 2 is 1.81 bits per heavy atom. The van der Waals surface area contributed by atoms with E-state index in [0.29, 0.717) is 24.4 Å². The number of amides is 1. The second-order valence-electron chi connectivity index (χ2n) is 8.59. The van der Waals surface area contributed by atoms with Gasteiger partial charge >= 0.3 is 0 Å². The van der Waals surface area contributed by atoms with Gasteiger partial charge in [-0.1, -0.05) is 43.3 Å². The van der Waals surface area contributed by atoms with Crippen LogP contribution in [0.5, 0.6) is 5.75 Å². The highest BCUT2D eigenvalue weighted by Crippen LogP contribution is 2.40. The maximum atomic E-state index is 13.1. The minimum atomic E-state index is -0.684. The molecule has 3 rings (SSSR count).